The van der Waals surface area contributed by atoms with Crippen LogP contribution >= 0.6 is 27.5 Å². The molecule has 94 valence electrons. The van der Waals surface area contributed by atoms with Gasteiger partial charge < -0.3 is 0 Å². The lowest BCUT2D eigenvalue weighted by Gasteiger charge is -2.14. The fourth-order valence-corrected chi connectivity index (χ4v) is 3.02. The predicted octanol–water partition coefficient (Wildman–Crippen LogP) is 5.59. The third-order valence-electron chi connectivity index (χ3n) is 3.23. The van der Waals surface area contributed by atoms with Gasteiger partial charge in [0, 0.05) is 4.47 Å². The summed E-state index contributed by atoms with van der Waals surface area (Å²) in [5.41, 5.74) is 5.07. The Morgan fingerprint density at radius 3 is 2.44 bits per heavy atom. The van der Waals surface area contributed by atoms with Crippen molar-refractivity contribution in [2.75, 3.05) is 0 Å². The molecule has 0 amide bonds. The molecular weight excluding hydrogens is 308 g/mol. The fourth-order valence-electron chi connectivity index (χ4n) is 2.13. The van der Waals surface area contributed by atoms with E-state index in [2.05, 4.69) is 72.2 Å². The molecule has 0 aliphatic rings. The van der Waals surface area contributed by atoms with Crippen LogP contribution in [0.1, 0.15) is 27.6 Å². The van der Waals surface area contributed by atoms with Crippen molar-refractivity contribution in [3.8, 4) is 0 Å². The molecule has 0 saturated heterocycles. The van der Waals surface area contributed by atoms with Crippen molar-refractivity contribution in [2.24, 2.45) is 0 Å². The number of hydrogen-bond donors (Lipinski definition) is 0. The van der Waals surface area contributed by atoms with E-state index in [1.165, 1.54) is 22.3 Å². The number of hydrogen-bond acceptors (Lipinski definition) is 0. The molecule has 0 aliphatic carbocycles. The number of alkyl halides is 1. The lowest BCUT2D eigenvalue weighted by Crippen LogP contribution is -2.00. The number of aryl methyl sites for hydroxylation is 2. The smallest absolute Gasteiger partial charge is 0.0628 e. The Morgan fingerprint density at radius 2 is 1.78 bits per heavy atom. The van der Waals surface area contributed by atoms with E-state index in [9.17, 15) is 0 Å². The van der Waals surface area contributed by atoms with Gasteiger partial charge in [-0.1, -0.05) is 46.3 Å². The van der Waals surface area contributed by atoms with E-state index in [0.717, 1.165) is 10.9 Å². The van der Waals surface area contributed by atoms with Gasteiger partial charge in [0.1, 0.15) is 0 Å². The molecule has 1 atom stereocenters. The summed E-state index contributed by atoms with van der Waals surface area (Å²) in [4.78, 5) is 0. The zero-order valence-corrected chi connectivity index (χ0v) is 12.9. The normalized spacial score (nSPS) is 12.4. The van der Waals surface area contributed by atoms with Crippen LogP contribution in [0.3, 0.4) is 0 Å². The van der Waals surface area contributed by atoms with Gasteiger partial charge in [-0.2, -0.15) is 0 Å². The summed E-state index contributed by atoms with van der Waals surface area (Å²) in [5, 5.41) is 0.0270. The molecule has 2 aromatic carbocycles. The Bertz CT molecular complexity index is 549. The van der Waals surface area contributed by atoms with Crippen molar-refractivity contribution in [3.05, 3.63) is 69.2 Å². The maximum Gasteiger partial charge on any atom is 0.0628 e. The van der Waals surface area contributed by atoms with Gasteiger partial charge in [-0.05, 0) is 54.7 Å². The lowest BCUT2D eigenvalue weighted by molar-refractivity contribution is 0.901. The van der Waals surface area contributed by atoms with Crippen LogP contribution in [0.15, 0.2) is 46.9 Å². The Morgan fingerprint density at radius 1 is 1.06 bits per heavy atom. The van der Waals surface area contributed by atoms with Gasteiger partial charge in [0.05, 0.1) is 5.38 Å². The molecule has 2 aromatic rings. The Hall–Kier alpha value is -0.790. The highest BCUT2D eigenvalue weighted by atomic mass is 79.9. The van der Waals surface area contributed by atoms with Crippen LogP contribution in [-0.4, -0.2) is 0 Å². The van der Waals surface area contributed by atoms with Gasteiger partial charge in [0.2, 0.25) is 0 Å². The van der Waals surface area contributed by atoms with Gasteiger partial charge in [0.15, 0.2) is 0 Å². The van der Waals surface area contributed by atoms with Crippen molar-refractivity contribution < 1.29 is 0 Å². The third-order valence-corrected chi connectivity index (χ3v) is 4.11. The van der Waals surface area contributed by atoms with E-state index >= 15 is 0 Å². The van der Waals surface area contributed by atoms with Gasteiger partial charge >= 0.3 is 0 Å². The minimum Gasteiger partial charge on any atom is -0.117 e. The molecule has 0 saturated carbocycles. The first kappa shape index (κ1) is 13.6. The third kappa shape index (κ3) is 3.15. The minimum absolute atomic E-state index is 0.0270. The summed E-state index contributed by atoms with van der Waals surface area (Å²) in [5.74, 6) is 0. The summed E-state index contributed by atoms with van der Waals surface area (Å²) in [7, 11) is 0. The second-order valence-corrected chi connectivity index (χ2v) is 6.04. The standard InChI is InChI=1S/C16H16BrCl/c1-11-5-3-4-6-13(11)10-16(18)15-8-7-14(17)9-12(15)2/h3-9,16H,10H2,1-2H3. The van der Waals surface area contributed by atoms with Gasteiger partial charge in [-0.15, -0.1) is 11.6 Å². The van der Waals surface area contributed by atoms with Crippen LogP contribution in [0.4, 0.5) is 0 Å². The molecule has 0 spiro atoms. The number of rotatable bonds is 3. The van der Waals surface area contributed by atoms with E-state index in [1.54, 1.807) is 0 Å². The van der Waals surface area contributed by atoms with Gasteiger partial charge in [-0.25, -0.2) is 0 Å². The number of halogens is 2. The second kappa shape index (κ2) is 5.90. The molecule has 0 heterocycles. The fraction of sp³-hybridized carbons (Fsp3) is 0.250. The summed E-state index contributed by atoms with van der Waals surface area (Å²) in [6, 6.07) is 14.7. The van der Waals surface area contributed by atoms with Crippen LogP contribution < -0.4 is 0 Å². The summed E-state index contributed by atoms with van der Waals surface area (Å²) < 4.78 is 1.10. The van der Waals surface area contributed by atoms with Crippen LogP contribution in [0, 0.1) is 13.8 Å². The maximum atomic E-state index is 6.56. The number of benzene rings is 2. The van der Waals surface area contributed by atoms with Crippen molar-refractivity contribution in [1.29, 1.82) is 0 Å². The first-order chi connectivity index (χ1) is 8.58. The Balaban J connectivity index is 2.22. The molecule has 0 aromatic heterocycles. The van der Waals surface area contributed by atoms with Crippen LogP contribution in [-0.2, 0) is 6.42 Å². The van der Waals surface area contributed by atoms with Crippen molar-refractivity contribution in [3.63, 3.8) is 0 Å². The summed E-state index contributed by atoms with van der Waals surface area (Å²) in [6.45, 7) is 4.24. The molecule has 2 heteroatoms. The van der Waals surface area contributed by atoms with E-state index in [0.29, 0.717) is 0 Å². The van der Waals surface area contributed by atoms with Crippen molar-refractivity contribution in [1.82, 2.24) is 0 Å². The zero-order valence-electron chi connectivity index (χ0n) is 10.6. The Kier molecular flexibility index (Phi) is 4.47. The van der Waals surface area contributed by atoms with Crippen LogP contribution in [0.25, 0.3) is 0 Å². The molecule has 0 N–H and O–H groups in total. The molecule has 0 radical (unpaired) electrons. The van der Waals surface area contributed by atoms with Gasteiger partial charge in [0.25, 0.3) is 0 Å². The molecule has 0 bridgehead atoms. The first-order valence-electron chi connectivity index (χ1n) is 6.02. The molecule has 0 fully saturated rings. The first-order valence-corrected chi connectivity index (χ1v) is 7.25. The van der Waals surface area contributed by atoms with Crippen LogP contribution in [0.2, 0.25) is 0 Å². The molecular formula is C16H16BrCl. The van der Waals surface area contributed by atoms with Crippen molar-refractivity contribution in [2.45, 2.75) is 25.6 Å². The monoisotopic (exact) mass is 322 g/mol. The molecule has 0 aliphatic heterocycles. The predicted molar refractivity (Wildman–Crippen MR) is 82.4 cm³/mol. The van der Waals surface area contributed by atoms with Crippen molar-refractivity contribution >= 4 is 27.5 Å². The molecule has 1 unspecified atom stereocenters. The van der Waals surface area contributed by atoms with E-state index in [4.69, 9.17) is 11.6 Å². The van der Waals surface area contributed by atoms with E-state index in [-0.39, 0.29) is 5.38 Å². The quantitative estimate of drug-likeness (QED) is 0.646. The average Bonchev–Trinajstić information content (AvgIpc) is 2.32. The van der Waals surface area contributed by atoms with E-state index < -0.39 is 0 Å². The lowest BCUT2D eigenvalue weighted by atomic mass is 9.98. The SMILES string of the molecule is Cc1ccccc1CC(Cl)c1ccc(Br)cc1C. The topological polar surface area (TPSA) is 0 Å². The highest BCUT2D eigenvalue weighted by molar-refractivity contribution is 9.10. The average molecular weight is 324 g/mol. The molecule has 0 nitrogen and oxygen atoms in total. The zero-order chi connectivity index (χ0) is 13.1. The molecule has 18 heavy (non-hydrogen) atoms. The summed E-state index contributed by atoms with van der Waals surface area (Å²) >= 11 is 10.0. The van der Waals surface area contributed by atoms with E-state index in [1.807, 2.05) is 0 Å². The highest BCUT2D eigenvalue weighted by Crippen LogP contribution is 2.30. The largest absolute Gasteiger partial charge is 0.117 e. The maximum absolute atomic E-state index is 6.56. The second-order valence-electron chi connectivity index (χ2n) is 4.60. The summed E-state index contributed by atoms with van der Waals surface area (Å²) in [6.07, 6.45) is 0.872. The Labute approximate surface area is 122 Å². The minimum atomic E-state index is 0.0270. The van der Waals surface area contributed by atoms with Gasteiger partial charge in [-0.3, -0.25) is 0 Å². The molecule has 2 rings (SSSR count). The highest BCUT2D eigenvalue weighted by Gasteiger charge is 2.12. The van der Waals surface area contributed by atoms with Crippen LogP contribution in [0.5, 0.6) is 0 Å².